The van der Waals surface area contributed by atoms with Crippen LogP contribution in [-0.4, -0.2) is 36.8 Å². The number of nitrogens with one attached hydrogen (secondary N) is 1. The Balaban J connectivity index is 2.34. The van der Waals surface area contributed by atoms with E-state index < -0.39 is 18.7 Å². The molecule has 0 aliphatic rings. The summed E-state index contributed by atoms with van der Waals surface area (Å²) in [4.78, 5) is 11.9. The van der Waals surface area contributed by atoms with E-state index in [1.54, 1.807) is 12.1 Å². The maximum absolute atomic E-state index is 11.8. The molecule has 110 valence electrons. The quantitative estimate of drug-likeness (QED) is 0.619. The molecule has 0 unspecified atom stereocenters. The molecule has 1 rings (SSSR count). The van der Waals surface area contributed by atoms with E-state index in [0.29, 0.717) is 11.1 Å². The van der Waals surface area contributed by atoms with E-state index in [1.165, 1.54) is 12.1 Å². The summed E-state index contributed by atoms with van der Waals surface area (Å²) in [6.45, 7) is -1.55. The predicted molar refractivity (Wildman–Crippen MR) is 71.5 cm³/mol. The average Bonchev–Trinajstić information content (AvgIpc) is 2.37. The summed E-state index contributed by atoms with van der Waals surface area (Å²) in [5.74, 6) is -0.407. The molecule has 8 heteroatoms. The summed E-state index contributed by atoms with van der Waals surface area (Å²) < 4.78 is 39.7. The van der Waals surface area contributed by atoms with Gasteiger partial charge in [0.2, 0.25) is 0 Å². The molecule has 0 spiro atoms. The molecule has 0 bridgehead atoms. The van der Waals surface area contributed by atoms with Crippen molar-refractivity contribution in [3.63, 3.8) is 0 Å². The van der Waals surface area contributed by atoms with Gasteiger partial charge in [0.25, 0.3) is 5.91 Å². The lowest BCUT2D eigenvalue weighted by atomic mass is 10.1. The zero-order valence-corrected chi connectivity index (χ0v) is 11.2. The Morgan fingerprint density at radius 3 is 2.30 bits per heavy atom. The normalized spacial score (nSPS) is 11.2. The number of amides is 1. The van der Waals surface area contributed by atoms with E-state index in [1.807, 2.05) is 0 Å². The van der Waals surface area contributed by atoms with Crippen molar-refractivity contribution in [2.24, 2.45) is 5.73 Å². The molecule has 4 nitrogen and oxygen atoms in total. The van der Waals surface area contributed by atoms with E-state index in [4.69, 9.17) is 18.0 Å². The summed E-state index contributed by atoms with van der Waals surface area (Å²) in [5, 5.41) is 2.44. The second-order valence-electron chi connectivity index (χ2n) is 3.87. The van der Waals surface area contributed by atoms with Crippen LogP contribution >= 0.6 is 12.2 Å². The molecule has 3 N–H and O–H groups in total. The van der Waals surface area contributed by atoms with Crippen LogP contribution < -0.4 is 11.1 Å². The van der Waals surface area contributed by atoms with Crippen LogP contribution in [0.5, 0.6) is 0 Å². The number of carbonyl (C=O) groups excluding carboxylic acids is 1. The van der Waals surface area contributed by atoms with Crippen LogP contribution in [0.3, 0.4) is 0 Å². The average molecular weight is 306 g/mol. The van der Waals surface area contributed by atoms with Gasteiger partial charge in [-0.2, -0.15) is 13.2 Å². The highest BCUT2D eigenvalue weighted by Gasteiger charge is 2.27. The van der Waals surface area contributed by atoms with Crippen molar-refractivity contribution >= 4 is 23.1 Å². The first-order chi connectivity index (χ1) is 9.29. The number of halogens is 3. The fourth-order valence-electron chi connectivity index (χ4n) is 1.31. The van der Waals surface area contributed by atoms with Crippen LogP contribution in [0.2, 0.25) is 0 Å². The van der Waals surface area contributed by atoms with Crippen LogP contribution in [0, 0.1) is 0 Å². The molecule has 0 aliphatic carbocycles. The van der Waals surface area contributed by atoms with Gasteiger partial charge in [-0.05, 0) is 12.1 Å². The molecule has 0 heterocycles. The van der Waals surface area contributed by atoms with Crippen molar-refractivity contribution in [2.75, 3.05) is 19.8 Å². The summed E-state index contributed by atoms with van der Waals surface area (Å²) in [6, 6.07) is 6.25. The molecule has 1 aromatic rings. The molecule has 0 saturated carbocycles. The molecule has 1 aromatic carbocycles. The zero-order chi connectivity index (χ0) is 15.2. The monoisotopic (exact) mass is 306 g/mol. The van der Waals surface area contributed by atoms with Crippen LogP contribution in [0.4, 0.5) is 13.2 Å². The minimum atomic E-state index is -4.36. The van der Waals surface area contributed by atoms with Crippen LogP contribution in [0.25, 0.3) is 0 Å². The highest BCUT2D eigenvalue weighted by Crippen LogP contribution is 2.13. The number of carbonyl (C=O) groups is 1. The number of benzene rings is 1. The highest BCUT2D eigenvalue weighted by atomic mass is 32.1. The molecule has 0 aliphatic heterocycles. The van der Waals surface area contributed by atoms with Gasteiger partial charge < -0.3 is 15.8 Å². The smallest absolute Gasteiger partial charge is 0.389 e. The van der Waals surface area contributed by atoms with E-state index in [2.05, 4.69) is 10.1 Å². The van der Waals surface area contributed by atoms with Gasteiger partial charge in [0.15, 0.2) is 0 Å². The molecule has 0 radical (unpaired) electrons. The molecule has 20 heavy (non-hydrogen) atoms. The maximum Gasteiger partial charge on any atom is 0.411 e. The third-order valence-corrected chi connectivity index (χ3v) is 2.46. The molecule has 0 atom stereocenters. The first kappa shape index (κ1) is 16.4. The molecule has 0 aromatic heterocycles. The second-order valence-corrected chi connectivity index (χ2v) is 4.31. The Hall–Kier alpha value is -1.67. The Bertz CT molecular complexity index is 475. The first-order valence-corrected chi connectivity index (χ1v) is 6.03. The summed E-state index contributed by atoms with van der Waals surface area (Å²) in [5.41, 5.74) is 6.40. The third-order valence-electron chi connectivity index (χ3n) is 2.23. The van der Waals surface area contributed by atoms with Crippen LogP contribution in [0.1, 0.15) is 15.9 Å². The SMILES string of the molecule is NC(=S)c1ccc(C(=O)NCCOCC(F)(F)F)cc1. The zero-order valence-electron chi connectivity index (χ0n) is 10.4. The van der Waals surface area contributed by atoms with Gasteiger partial charge in [-0.3, -0.25) is 4.79 Å². The minimum absolute atomic E-state index is 0.00797. The number of alkyl halides is 3. The Labute approximate surface area is 119 Å². The highest BCUT2D eigenvalue weighted by molar-refractivity contribution is 7.80. The van der Waals surface area contributed by atoms with Crippen LogP contribution in [-0.2, 0) is 4.74 Å². The molecule has 0 fully saturated rings. The van der Waals surface area contributed by atoms with Crippen molar-refractivity contribution in [3.8, 4) is 0 Å². The van der Waals surface area contributed by atoms with E-state index in [0.717, 1.165) is 0 Å². The molecule has 0 saturated heterocycles. The van der Waals surface area contributed by atoms with Gasteiger partial charge in [0.05, 0.1) is 6.61 Å². The number of hydrogen-bond donors (Lipinski definition) is 2. The number of rotatable bonds is 6. The van der Waals surface area contributed by atoms with Gasteiger partial charge in [0.1, 0.15) is 11.6 Å². The molecular formula is C12H13F3N2O2S. The lowest BCUT2D eigenvalue weighted by Gasteiger charge is -2.08. The second kappa shape index (κ2) is 7.20. The van der Waals surface area contributed by atoms with Crippen molar-refractivity contribution in [3.05, 3.63) is 35.4 Å². The Morgan fingerprint density at radius 1 is 1.25 bits per heavy atom. The largest absolute Gasteiger partial charge is 0.411 e. The number of nitrogens with two attached hydrogens (primary N) is 1. The van der Waals surface area contributed by atoms with Crippen molar-refractivity contribution < 1.29 is 22.7 Å². The fraction of sp³-hybridized carbons (Fsp3) is 0.333. The minimum Gasteiger partial charge on any atom is -0.389 e. The fourth-order valence-corrected chi connectivity index (χ4v) is 1.45. The summed E-state index contributed by atoms with van der Waals surface area (Å²) in [7, 11) is 0. The van der Waals surface area contributed by atoms with Gasteiger partial charge in [-0.1, -0.05) is 24.4 Å². The van der Waals surface area contributed by atoms with Crippen molar-refractivity contribution in [1.82, 2.24) is 5.32 Å². The number of ether oxygens (including phenoxy) is 1. The van der Waals surface area contributed by atoms with E-state index in [-0.39, 0.29) is 18.1 Å². The lowest BCUT2D eigenvalue weighted by molar-refractivity contribution is -0.173. The van der Waals surface area contributed by atoms with E-state index >= 15 is 0 Å². The number of hydrogen-bond acceptors (Lipinski definition) is 3. The van der Waals surface area contributed by atoms with Gasteiger partial charge in [-0.25, -0.2) is 0 Å². The van der Waals surface area contributed by atoms with Crippen LogP contribution in [0.15, 0.2) is 24.3 Å². The summed E-state index contributed by atoms with van der Waals surface area (Å²) in [6.07, 6.45) is -4.36. The van der Waals surface area contributed by atoms with Gasteiger partial charge in [0, 0.05) is 17.7 Å². The topological polar surface area (TPSA) is 64.4 Å². The summed E-state index contributed by atoms with van der Waals surface area (Å²) >= 11 is 4.77. The Morgan fingerprint density at radius 2 is 1.80 bits per heavy atom. The van der Waals surface area contributed by atoms with E-state index in [9.17, 15) is 18.0 Å². The first-order valence-electron chi connectivity index (χ1n) is 5.62. The lowest BCUT2D eigenvalue weighted by Crippen LogP contribution is -2.28. The van der Waals surface area contributed by atoms with Crippen molar-refractivity contribution in [2.45, 2.75) is 6.18 Å². The molecule has 1 amide bonds. The Kier molecular flexibility index (Phi) is 5.90. The van der Waals surface area contributed by atoms with Gasteiger partial charge in [-0.15, -0.1) is 0 Å². The predicted octanol–water partition coefficient (Wildman–Crippen LogP) is 1.63. The molecular weight excluding hydrogens is 293 g/mol. The van der Waals surface area contributed by atoms with Gasteiger partial charge >= 0.3 is 6.18 Å². The van der Waals surface area contributed by atoms with Crippen molar-refractivity contribution in [1.29, 1.82) is 0 Å². The standard InChI is InChI=1S/C12H13F3N2O2S/c13-12(14,15)7-19-6-5-17-11(18)9-3-1-8(2-4-9)10(16)20/h1-4H,5-7H2,(H2,16,20)(H,17,18). The number of thiocarbonyl (C=S) groups is 1. The third kappa shape index (κ3) is 5.98. The maximum atomic E-state index is 11.8.